The first-order valence-corrected chi connectivity index (χ1v) is 6.55. The van der Waals surface area contributed by atoms with E-state index in [4.69, 9.17) is 5.26 Å². The fourth-order valence-electron chi connectivity index (χ4n) is 2.43. The molecule has 0 radical (unpaired) electrons. The molecule has 0 amide bonds. The zero-order chi connectivity index (χ0) is 15.4. The minimum Gasteiger partial charge on any atom is -0.299 e. The normalized spacial score (nSPS) is 16.3. The summed E-state index contributed by atoms with van der Waals surface area (Å²) in [5, 5.41) is 30.6. The summed E-state index contributed by atoms with van der Waals surface area (Å²) in [6.45, 7) is 1.77. The fourth-order valence-corrected chi connectivity index (χ4v) is 2.43. The molecular formula is C13H14N4O4. The molecule has 110 valence electrons. The Morgan fingerprint density at radius 1 is 1.24 bits per heavy atom. The Balaban J connectivity index is 2.15. The molecule has 1 saturated heterocycles. The van der Waals surface area contributed by atoms with Crippen LogP contribution in [0, 0.1) is 37.5 Å². The van der Waals surface area contributed by atoms with Crippen LogP contribution in [0.1, 0.15) is 18.4 Å². The van der Waals surface area contributed by atoms with E-state index >= 15 is 0 Å². The fraction of sp³-hybridized carbons (Fsp3) is 0.462. The average Bonchev–Trinajstić information content (AvgIpc) is 2.48. The Morgan fingerprint density at radius 3 is 2.43 bits per heavy atom. The van der Waals surface area contributed by atoms with Crippen molar-refractivity contribution in [3.63, 3.8) is 0 Å². The maximum atomic E-state index is 11.1. The van der Waals surface area contributed by atoms with Crippen LogP contribution in [0.15, 0.2) is 18.2 Å². The number of non-ortho nitro benzene ring substituents is 1. The Hall–Kier alpha value is -2.53. The van der Waals surface area contributed by atoms with Crippen LogP contribution in [0.3, 0.4) is 0 Å². The minimum atomic E-state index is -0.644. The lowest BCUT2D eigenvalue weighted by Gasteiger charge is -2.28. The number of hydrogen-bond acceptors (Lipinski definition) is 6. The van der Waals surface area contributed by atoms with Gasteiger partial charge in [-0.25, -0.2) is 0 Å². The summed E-state index contributed by atoms with van der Waals surface area (Å²) >= 11 is 0. The summed E-state index contributed by atoms with van der Waals surface area (Å²) in [5.41, 5.74) is -0.0544. The van der Waals surface area contributed by atoms with Crippen LogP contribution in [-0.4, -0.2) is 27.8 Å². The van der Waals surface area contributed by atoms with Crippen molar-refractivity contribution in [2.45, 2.75) is 19.4 Å². The van der Waals surface area contributed by atoms with Gasteiger partial charge in [-0.2, -0.15) is 5.26 Å². The molecule has 1 aliphatic rings. The standard InChI is InChI=1S/C13H14N4O4/c14-8-10-3-5-15(6-4-10)9-11-1-2-12(16(18)19)7-13(11)17(20)21/h1-2,7,10H,3-6,9H2. The molecule has 0 atom stereocenters. The van der Waals surface area contributed by atoms with Crippen LogP contribution >= 0.6 is 0 Å². The summed E-state index contributed by atoms with van der Waals surface area (Å²) in [7, 11) is 0. The molecule has 0 aromatic heterocycles. The van der Waals surface area contributed by atoms with E-state index < -0.39 is 9.85 Å². The van der Waals surface area contributed by atoms with Gasteiger partial charge in [0.15, 0.2) is 0 Å². The van der Waals surface area contributed by atoms with Crippen LogP contribution in [0.4, 0.5) is 11.4 Å². The molecule has 0 spiro atoms. The van der Waals surface area contributed by atoms with Crippen molar-refractivity contribution in [1.82, 2.24) is 4.90 Å². The average molecular weight is 290 g/mol. The molecule has 0 saturated carbocycles. The van der Waals surface area contributed by atoms with Crippen LogP contribution in [0.5, 0.6) is 0 Å². The summed E-state index contributed by atoms with van der Waals surface area (Å²) in [6, 6.07) is 5.94. The Bertz CT molecular complexity index is 603. The lowest BCUT2D eigenvalue weighted by Crippen LogP contribution is -2.32. The van der Waals surface area contributed by atoms with Crippen molar-refractivity contribution in [2.24, 2.45) is 5.92 Å². The van der Waals surface area contributed by atoms with Gasteiger partial charge in [0.2, 0.25) is 0 Å². The maximum absolute atomic E-state index is 11.1. The van der Waals surface area contributed by atoms with Crippen LogP contribution < -0.4 is 0 Å². The summed E-state index contributed by atoms with van der Waals surface area (Å²) in [4.78, 5) is 22.5. The number of benzene rings is 1. The molecule has 21 heavy (non-hydrogen) atoms. The first-order valence-electron chi connectivity index (χ1n) is 6.55. The first-order chi connectivity index (χ1) is 10.0. The molecule has 0 unspecified atom stereocenters. The highest BCUT2D eigenvalue weighted by molar-refractivity contribution is 5.49. The van der Waals surface area contributed by atoms with E-state index in [1.807, 2.05) is 4.90 Å². The van der Waals surface area contributed by atoms with Gasteiger partial charge in [-0.15, -0.1) is 0 Å². The minimum absolute atomic E-state index is 0.0492. The van der Waals surface area contributed by atoms with Crippen LogP contribution in [0.25, 0.3) is 0 Å². The number of likely N-dealkylation sites (tertiary alicyclic amines) is 1. The Labute approximate surface area is 120 Å². The molecule has 0 aliphatic carbocycles. The molecule has 0 bridgehead atoms. The van der Waals surface area contributed by atoms with Gasteiger partial charge < -0.3 is 0 Å². The first kappa shape index (κ1) is 14.9. The van der Waals surface area contributed by atoms with Crippen molar-refractivity contribution in [3.8, 4) is 6.07 Å². The number of nitrogens with zero attached hydrogens (tertiary/aromatic N) is 4. The van der Waals surface area contributed by atoms with Crippen molar-refractivity contribution < 1.29 is 9.85 Å². The number of rotatable bonds is 4. The maximum Gasteiger partial charge on any atom is 0.280 e. The summed E-state index contributed by atoms with van der Waals surface area (Å²) in [5.74, 6) is 0.0492. The predicted octanol–water partition coefficient (Wildman–Crippen LogP) is 2.24. The number of nitro benzene ring substituents is 2. The second-order valence-electron chi connectivity index (χ2n) is 5.01. The molecule has 1 heterocycles. The Morgan fingerprint density at radius 2 is 1.90 bits per heavy atom. The van der Waals surface area contributed by atoms with E-state index in [1.165, 1.54) is 12.1 Å². The third-order valence-electron chi connectivity index (χ3n) is 3.64. The largest absolute Gasteiger partial charge is 0.299 e. The van der Waals surface area contributed by atoms with Gasteiger partial charge in [-0.1, -0.05) is 0 Å². The monoisotopic (exact) mass is 290 g/mol. The smallest absolute Gasteiger partial charge is 0.280 e. The second-order valence-corrected chi connectivity index (χ2v) is 5.01. The highest BCUT2D eigenvalue weighted by atomic mass is 16.6. The molecule has 1 fully saturated rings. The van der Waals surface area contributed by atoms with Crippen molar-refractivity contribution in [3.05, 3.63) is 44.0 Å². The number of hydrogen-bond donors (Lipinski definition) is 0. The highest BCUT2D eigenvalue weighted by Crippen LogP contribution is 2.27. The van der Waals surface area contributed by atoms with E-state index in [0.29, 0.717) is 25.2 Å². The highest BCUT2D eigenvalue weighted by Gasteiger charge is 2.23. The molecule has 8 nitrogen and oxygen atoms in total. The number of nitro groups is 2. The molecule has 8 heteroatoms. The second kappa shape index (κ2) is 6.28. The molecular weight excluding hydrogens is 276 g/mol. The predicted molar refractivity (Wildman–Crippen MR) is 73.4 cm³/mol. The van der Waals surface area contributed by atoms with Crippen molar-refractivity contribution in [1.29, 1.82) is 5.26 Å². The van der Waals surface area contributed by atoms with Gasteiger partial charge >= 0.3 is 0 Å². The van der Waals surface area contributed by atoms with Gasteiger partial charge in [0.1, 0.15) is 0 Å². The third kappa shape index (κ3) is 3.52. The molecule has 0 N–H and O–H groups in total. The lowest BCUT2D eigenvalue weighted by molar-refractivity contribution is -0.394. The van der Waals surface area contributed by atoms with Crippen molar-refractivity contribution in [2.75, 3.05) is 13.1 Å². The quantitative estimate of drug-likeness (QED) is 0.620. The SMILES string of the molecule is N#CC1CCN(Cc2ccc([N+](=O)[O-])cc2[N+](=O)[O-])CC1. The van der Waals surface area contributed by atoms with E-state index in [0.717, 1.165) is 18.9 Å². The van der Waals surface area contributed by atoms with Crippen LogP contribution in [0.2, 0.25) is 0 Å². The molecule has 1 aromatic carbocycles. The van der Waals surface area contributed by atoms with E-state index in [-0.39, 0.29) is 17.3 Å². The summed E-state index contributed by atoms with van der Waals surface area (Å²) in [6.07, 6.45) is 1.49. The lowest BCUT2D eigenvalue weighted by atomic mass is 9.98. The van der Waals surface area contributed by atoms with Crippen molar-refractivity contribution >= 4 is 11.4 Å². The zero-order valence-corrected chi connectivity index (χ0v) is 11.3. The van der Waals surface area contributed by atoms with E-state index in [2.05, 4.69) is 6.07 Å². The van der Waals surface area contributed by atoms with Gasteiger partial charge in [0.25, 0.3) is 11.4 Å². The summed E-state index contributed by atoms with van der Waals surface area (Å²) < 4.78 is 0. The van der Waals surface area contributed by atoms with Gasteiger partial charge in [-0.05, 0) is 32.0 Å². The van der Waals surface area contributed by atoms with Gasteiger partial charge in [0, 0.05) is 24.1 Å². The molecule has 2 rings (SSSR count). The van der Waals surface area contributed by atoms with Gasteiger partial charge in [0.05, 0.1) is 22.0 Å². The van der Waals surface area contributed by atoms with Crippen LogP contribution in [-0.2, 0) is 6.54 Å². The third-order valence-corrected chi connectivity index (χ3v) is 3.64. The van der Waals surface area contributed by atoms with E-state index in [9.17, 15) is 20.2 Å². The number of nitriles is 1. The van der Waals surface area contributed by atoms with E-state index in [1.54, 1.807) is 0 Å². The topological polar surface area (TPSA) is 113 Å². The molecule has 1 aromatic rings. The zero-order valence-electron chi connectivity index (χ0n) is 11.3. The van der Waals surface area contributed by atoms with Gasteiger partial charge in [-0.3, -0.25) is 25.1 Å². The molecule has 1 aliphatic heterocycles. The Kier molecular flexibility index (Phi) is 4.45. The number of piperidine rings is 1.